The van der Waals surface area contributed by atoms with Crippen LogP contribution in [0.5, 0.6) is 0 Å². The number of halogens is 4. The first-order chi connectivity index (χ1) is 9.86. The van der Waals surface area contributed by atoms with Gasteiger partial charge in [-0.3, -0.25) is 0 Å². The number of H-pyrrole nitrogens is 1. The maximum Gasteiger partial charge on any atom is 0.419 e. The molecule has 0 amide bonds. The maximum absolute atomic E-state index is 13.1. The lowest BCUT2D eigenvalue weighted by Gasteiger charge is -2.11. The molecule has 21 heavy (non-hydrogen) atoms. The Kier molecular flexibility index (Phi) is 3.13. The molecular weight excluding hydrogens is 303 g/mol. The Morgan fingerprint density at radius 1 is 1.24 bits per heavy atom. The number of benzene rings is 1. The second kappa shape index (κ2) is 4.73. The topological polar surface area (TPSA) is 41.6 Å². The molecule has 3 aromatic rings. The largest absolute Gasteiger partial charge is 0.419 e. The molecule has 0 radical (unpaired) electrons. The Morgan fingerprint density at radius 3 is 2.71 bits per heavy atom. The van der Waals surface area contributed by atoms with E-state index in [0.717, 1.165) is 11.1 Å². The molecule has 1 aromatic carbocycles. The molecular formula is C14H9ClF3N3. The first-order valence-corrected chi connectivity index (χ1v) is 6.42. The van der Waals surface area contributed by atoms with Crippen LogP contribution < -0.4 is 0 Å². The Hall–Kier alpha value is -2.08. The number of hydrogen-bond donors (Lipinski definition) is 1. The molecule has 2 heterocycles. The third kappa shape index (κ3) is 2.47. The van der Waals surface area contributed by atoms with Gasteiger partial charge in [-0.15, -0.1) is 0 Å². The molecule has 0 unspecified atom stereocenters. The third-order valence-corrected chi connectivity index (χ3v) is 3.34. The monoisotopic (exact) mass is 311 g/mol. The summed E-state index contributed by atoms with van der Waals surface area (Å²) >= 11 is 5.66. The van der Waals surface area contributed by atoms with Gasteiger partial charge in [-0.05, 0) is 30.2 Å². The van der Waals surface area contributed by atoms with Gasteiger partial charge in [0.15, 0.2) is 0 Å². The van der Waals surface area contributed by atoms with E-state index >= 15 is 0 Å². The summed E-state index contributed by atoms with van der Waals surface area (Å²) in [5, 5.41) is 0.431. The number of hydrogen-bond acceptors (Lipinski definition) is 2. The van der Waals surface area contributed by atoms with Crippen LogP contribution in [-0.2, 0) is 6.18 Å². The van der Waals surface area contributed by atoms with Crippen molar-refractivity contribution in [2.45, 2.75) is 13.1 Å². The highest BCUT2D eigenvalue weighted by Crippen LogP contribution is 2.38. The van der Waals surface area contributed by atoms with Gasteiger partial charge in [0.25, 0.3) is 0 Å². The molecule has 108 valence electrons. The summed E-state index contributed by atoms with van der Waals surface area (Å²) in [6.45, 7) is 1.91. The zero-order chi connectivity index (χ0) is 15.2. The summed E-state index contributed by atoms with van der Waals surface area (Å²) in [5.74, 6) is 0. The lowest BCUT2D eigenvalue weighted by atomic mass is 10.0. The smallest absolute Gasteiger partial charge is 0.360 e. The maximum atomic E-state index is 13.1. The predicted octanol–water partition coefficient (Wildman–Crippen LogP) is 4.61. The van der Waals surface area contributed by atoms with E-state index in [-0.39, 0.29) is 11.0 Å². The van der Waals surface area contributed by atoms with Crippen molar-refractivity contribution in [1.29, 1.82) is 0 Å². The first kappa shape index (κ1) is 13.9. The molecule has 0 aliphatic carbocycles. The van der Waals surface area contributed by atoms with Crippen LogP contribution in [0.15, 0.2) is 30.6 Å². The van der Waals surface area contributed by atoms with Crippen LogP contribution in [0.1, 0.15) is 11.1 Å². The molecule has 3 rings (SSSR count). The summed E-state index contributed by atoms with van der Waals surface area (Å²) in [4.78, 5) is 10.2. The normalized spacial score (nSPS) is 12.0. The van der Waals surface area contributed by atoms with Gasteiger partial charge in [0, 0.05) is 28.9 Å². The highest BCUT2D eigenvalue weighted by molar-refractivity contribution is 6.28. The fraction of sp³-hybridized carbons (Fsp3) is 0.143. The van der Waals surface area contributed by atoms with Crippen molar-refractivity contribution in [2.75, 3.05) is 0 Å². The molecule has 0 atom stereocenters. The van der Waals surface area contributed by atoms with Gasteiger partial charge >= 0.3 is 6.18 Å². The minimum absolute atomic E-state index is 0.223. The fourth-order valence-corrected chi connectivity index (χ4v) is 2.34. The highest BCUT2D eigenvalue weighted by atomic mass is 35.5. The number of aromatic amines is 1. The second-order valence-corrected chi connectivity index (χ2v) is 4.99. The van der Waals surface area contributed by atoms with Gasteiger partial charge in [-0.25, -0.2) is 9.97 Å². The van der Waals surface area contributed by atoms with Gasteiger partial charge in [0.05, 0.1) is 5.69 Å². The van der Waals surface area contributed by atoms with E-state index in [0.29, 0.717) is 17.1 Å². The number of nitrogens with zero attached hydrogens (tertiary/aromatic N) is 2. The predicted molar refractivity (Wildman–Crippen MR) is 74.1 cm³/mol. The molecule has 1 N–H and O–H groups in total. The van der Waals surface area contributed by atoms with E-state index in [1.165, 1.54) is 6.20 Å². The van der Waals surface area contributed by atoms with Crippen LogP contribution >= 0.6 is 11.6 Å². The lowest BCUT2D eigenvalue weighted by Crippen LogP contribution is -2.09. The number of alkyl halides is 3. The van der Waals surface area contributed by atoms with Crippen LogP contribution in [0.25, 0.3) is 22.2 Å². The number of fused-ring (bicyclic) bond motifs is 1. The quantitative estimate of drug-likeness (QED) is 0.667. The van der Waals surface area contributed by atoms with Crippen molar-refractivity contribution in [3.8, 4) is 11.3 Å². The Balaban J connectivity index is 2.30. The van der Waals surface area contributed by atoms with Gasteiger partial charge < -0.3 is 4.98 Å². The van der Waals surface area contributed by atoms with Crippen LogP contribution in [0.4, 0.5) is 13.2 Å². The molecule has 3 nitrogen and oxygen atoms in total. The van der Waals surface area contributed by atoms with Gasteiger partial charge in [0.1, 0.15) is 5.56 Å². The van der Waals surface area contributed by atoms with E-state index in [1.54, 1.807) is 6.07 Å². The van der Waals surface area contributed by atoms with Crippen LogP contribution in [0, 0.1) is 6.92 Å². The van der Waals surface area contributed by atoms with Crippen molar-refractivity contribution < 1.29 is 13.2 Å². The second-order valence-electron chi connectivity index (χ2n) is 4.65. The Bertz CT molecular complexity index is 824. The average Bonchev–Trinajstić information content (AvgIpc) is 2.79. The number of nitrogens with one attached hydrogen (secondary N) is 1. The summed E-state index contributed by atoms with van der Waals surface area (Å²) in [5.41, 5.74) is 0.966. The fourth-order valence-electron chi connectivity index (χ4n) is 2.21. The van der Waals surface area contributed by atoms with E-state index in [4.69, 9.17) is 11.6 Å². The van der Waals surface area contributed by atoms with Crippen molar-refractivity contribution >= 4 is 22.5 Å². The lowest BCUT2D eigenvalue weighted by molar-refractivity contribution is -0.137. The number of aromatic nitrogens is 3. The van der Waals surface area contributed by atoms with Crippen molar-refractivity contribution in [1.82, 2.24) is 15.0 Å². The zero-order valence-electron chi connectivity index (χ0n) is 10.8. The molecule has 2 aromatic heterocycles. The molecule has 0 bridgehead atoms. The SMILES string of the molecule is Cc1ccc2c(-c3nc(Cl)ncc3C(F)(F)F)c[nH]c2c1. The number of aryl methyl sites for hydroxylation is 1. The summed E-state index contributed by atoms with van der Waals surface area (Å²) in [6.07, 6.45) is -2.34. The van der Waals surface area contributed by atoms with Crippen LogP contribution in [0.3, 0.4) is 0 Å². The molecule has 0 fully saturated rings. The Morgan fingerprint density at radius 2 is 2.00 bits per heavy atom. The van der Waals surface area contributed by atoms with Crippen molar-refractivity contribution in [3.63, 3.8) is 0 Å². The Labute approximate surface area is 122 Å². The average molecular weight is 312 g/mol. The molecule has 0 aliphatic rings. The highest BCUT2D eigenvalue weighted by Gasteiger charge is 2.35. The van der Waals surface area contributed by atoms with Crippen molar-refractivity contribution in [3.05, 3.63) is 47.0 Å². The summed E-state index contributed by atoms with van der Waals surface area (Å²) in [6, 6.07) is 5.44. The van der Waals surface area contributed by atoms with Crippen molar-refractivity contribution in [2.24, 2.45) is 0 Å². The zero-order valence-corrected chi connectivity index (χ0v) is 11.5. The van der Waals surface area contributed by atoms with Gasteiger partial charge in [-0.2, -0.15) is 13.2 Å². The minimum atomic E-state index is -4.55. The number of rotatable bonds is 1. The van der Waals surface area contributed by atoms with Crippen LogP contribution in [0.2, 0.25) is 5.28 Å². The minimum Gasteiger partial charge on any atom is -0.360 e. The molecule has 7 heteroatoms. The summed E-state index contributed by atoms with van der Waals surface area (Å²) < 4.78 is 39.3. The van der Waals surface area contributed by atoms with E-state index in [1.807, 2.05) is 19.1 Å². The molecule has 0 saturated carbocycles. The summed E-state index contributed by atoms with van der Waals surface area (Å²) in [7, 11) is 0. The van der Waals surface area contributed by atoms with E-state index in [2.05, 4.69) is 15.0 Å². The van der Waals surface area contributed by atoms with Gasteiger partial charge in [0.2, 0.25) is 5.28 Å². The van der Waals surface area contributed by atoms with Gasteiger partial charge in [-0.1, -0.05) is 12.1 Å². The standard InChI is InChI=1S/C14H9ClF3N3/c1-7-2-3-8-9(5-19-11(8)4-7)12-10(14(16,17)18)6-20-13(15)21-12/h2-6,19H,1H3. The van der Waals surface area contributed by atoms with Crippen LogP contribution in [-0.4, -0.2) is 15.0 Å². The first-order valence-electron chi connectivity index (χ1n) is 6.04. The molecule has 0 saturated heterocycles. The third-order valence-electron chi connectivity index (χ3n) is 3.16. The molecule has 0 aliphatic heterocycles. The van der Waals surface area contributed by atoms with E-state index in [9.17, 15) is 13.2 Å². The molecule has 0 spiro atoms. The van der Waals surface area contributed by atoms with E-state index < -0.39 is 11.7 Å².